The molecule has 2 aliphatic heterocycles. The predicted molar refractivity (Wildman–Crippen MR) is 90.5 cm³/mol. The lowest BCUT2D eigenvalue weighted by Crippen LogP contribution is -2.63. The van der Waals surface area contributed by atoms with E-state index in [0.717, 1.165) is 24.4 Å². The zero-order valence-electron chi connectivity index (χ0n) is 13.2. The Labute approximate surface area is 145 Å². The van der Waals surface area contributed by atoms with Gasteiger partial charge in [0.15, 0.2) is 0 Å². The van der Waals surface area contributed by atoms with Crippen molar-refractivity contribution in [2.45, 2.75) is 24.5 Å². The molecule has 3 heterocycles. The van der Waals surface area contributed by atoms with Gasteiger partial charge in [-0.1, -0.05) is 30.3 Å². The van der Waals surface area contributed by atoms with Gasteiger partial charge in [0.2, 0.25) is 11.1 Å². The van der Waals surface area contributed by atoms with Crippen molar-refractivity contribution in [3.05, 3.63) is 52.4 Å². The lowest BCUT2D eigenvalue weighted by molar-refractivity contribution is -0.172. The van der Waals surface area contributed by atoms with E-state index in [1.165, 1.54) is 11.1 Å². The molecule has 0 amide bonds. The molecule has 1 unspecified atom stereocenters. The topological polar surface area (TPSA) is 47.5 Å². The molecule has 5 nitrogen and oxygen atoms in total. The van der Waals surface area contributed by atoms with Gasteiger partial charge in [0.05, 0.1) is 32.0 Å². The molecule has 0 bridgehead atoms. The van der Waals surface area contributed by atoms with Crippen molar-refractivity contribution in [3.8, 4) is 0 Å². The first-order chi connectivity index (χ1) is 11.7. The molecule has 124 valence electrons. The van der Waals surface area contributed by atoms with E-state index in [-0.39, 0.29) is 0 Å². The van der Waals surface area contributed by atoms with Crippen molar-refractivity contribution in [3.63, 3.8) is 0 Å². The Morgan fingerprint density at radius 2 is 1.83 bits per heavy atom. The monoisotopic (exact) mass is 343 g/mol. The summed E-state index contributed by atoms with van der Waals surface area (Å²) in [5.74, 6) is 0.824. The molecule has 1 atom stereocenters. The van der Waals surface area contributed by atoms with E-state index < -0.39 is 5.79 Å². The van der Waals surface area contributed by atoms with Gasteiger partial charge in [0, 0.05) is 11.5 Å². The standard InChI is InChI=1S/C18H18ClN3O2/c19-17-20-15-13(12-4-2-1-3-5-12)6-7-14(15)16(21-17)22-10-18(11-22)23-8-9-24-18/h1-5,13H,6-11H2. The second kappa shape index (κ2) is 5.41. The molecule has 2 fully saturated rings. The SMILES string of the molecule is Clc1nc2c(c(N3CC4(C3)OCCO4)n1)CCC2c1ccccc1. The van der Waals surface area contributed by atoms with Gasteiger partial charge in [0.25, 0.3) is 0 Å². The zero-order valence-corrected chi connectivity index (χ0v) is 14.0. The van der Waals surface area contributed by atoms with E-state index in [0.29, 0.717) is 37.5 Å². The number of rotatable bonds is 2. The number of ether oxygens (including phenoxy) is 2. The summed E-state index contributed by atoms with van der Waals surface area (Å²) in [6.07, 6.45) is 2.03. The minimum atomic E-state index is -0.429. The molecule has 24 heavy (non-hydrogen) atoms. The third-order valence-electron chi connectivity index (χ3n) is 5.18. The average Bonchev–Trinajstić information content (AvgIpc) is 3.20. The number of nitrogens with zero attached hydrogens (tertiary/aromatic N) is 3. The molecule has 0 N–H and O–H groups in total. The lowest BCUT2D eigenvalue weighted by Gasteiger charge is -2.46. The number of benzene rings is 1. The van der Waals surface area contributed by atoms with Crippen LogP contribution in [0.3, 0.4) is 0 Å². The molecule has 0 radical (unpaired) electrons. The normalized spacial score (nSPS) is 24.2. The molecule has 1 aromatic heterocycles. The first-order valence-corrected chi connectivity index (χ1v) is 8.76. The smallest absolute Gasteiger partial charge is 0.224 e. The van der Waals surface area contributed by atoms with Crippen LogP contribution in [-0.4, -0.2) is 42.1 Å². The van der Waals surface area contributed by atoms with Gasteiger partial charge in [-0.2, -0.15) is 0 Å². The minimum absolute atomic E-state index is 0.301. The van der Waals surface area contributed by atoms with Crippen LogP contribution in [0.1, 0.15) is 29.2 Å². The quantitative estimate of drug-likeness (QED) is 0.785. The fourth-order valence-corrected chi connectivity index (χ4v) is 4.22. The van der Waals surface area contributed by atoms with Crippen LogP contribution in [0, 0.1) is 0 Å². The third-order valence-corrected chi connectivity index (χ3v) is 5.35. The molecule has 2 aromatic rings. The fraction of sp³-hybridized carbons (Fsp3) is 0.444. The Kier molecular flexibility index (Phi) is 3.30. The molecule has 1 aliphatic carbocycles. The second-order valence-corrected chi connectivity index (χ2v) is 6.98. The maximum absolute atomic E-state index is 6.25. The van der Waals surface area contributed by atoms with E-state index in [9.17, 15) is 0 Å². The molecular weight excluding hydrogens is 326 g/mol. The van der Waals surface area contributed by atoms with Crippen molar-refractivity contribution in [2.75, 3.05) is 31.2 Å². The highest BCUT2D eigenvalue weighted by Gasteiger charge is 2.50. The van der Waals surface area contributed by atoms with Crippen LogP contribution in [0.4, 0.5) is 5.82 Å². The summed E-state index contributed by atoms with van der Waals surface area (Å²) in [5.41, 5.74) is 3.59. The number of anilines is 1. The fourth-order valence-electron chi connectivity index (χ4n) is 4.05. The molecule has 1 aromatic carbocycles. The van der Waals surface area contributed by atoms with Crippen LogP contribution in [0.25, 0.3) is 0 Å². The largest absolute Gasteiger partial charge is 0.345 e. The summed E-state index contributed by atoms with van der Waals surface area (Å²) in [7, 11) is 0. The van der Waals surface area contributed by atoms with Gasteiger partial charge >= 0.3 is 0 Å². The predicted octanol–water partition coefficient (Wildman–Crippen LogP) is 2.77. The van der Waals surface area contributed by atoms with E-state index in [4.69, 9.17) is 21.1 Å². The van der Waals surface area contributed by atoms with Crippen LogP contribution in [0.5, 0.6) is 0 Å². The Balaban J connectivity index is 1.48. The maximum atomic E-state index is 6.25. The Morgan fingerprint density at radius 3 is 2.58 bits per heavy atom. The van der Waals surface area contributed by atoms with E-state index in [1.807, 2.05) is 6.07 Å². The van der Waals surface area contributed by atoms with Crippen molar-refractivity contribution >= 4 is 17.4 Å². The van der Waals surface area contributed by atoms with Crippen LogP contribution >= 0.6 is 11.6 Å². The van der Waals surface area contributed by atoms with Crippen LogP contribution in [0.2, 0.25) is 5.28 Å². The highest BCUT2D eigenvalue weighted by molar-refractivity contribution is 6.28. The molecule has 0 saturated carbocycles. The lowest BCUT2D eigenvalue weighted by atomic mass is 9.97. The number of halogens is 1. The third kappa shape index (κ3) is 2.23. The molecule has 2 saturated heterocycles. The van der Waals surface area contributed by atoms with Crippen molar-refractivity contribution in [2.24, 2.45) is 0 Å². The number of hydrogen-bond donors (Lipinski definition) is 0. The van der Waals surface area contributed by atoms with Gasteiger partial charge in [-0.05, 0) is 30.0 Å². The van der Waals surface area contributed by atoms with Crippen LogP contribution in [-0.2, 0) is 15.9 Å². The summed E-state index contributed by atoms with van der Waals surface area (Å²) < 4.78 is 11.5. The molecule has 5 rings (SSSR count). The average molecular weight is 344 g/mol. The summed E-state index contributed by atoms with van der Waals surface area (Å²) in [6, 6.07) is 10.5. The minimum Gasteiger partial charge on any atom is -0.345 e. The number of hydrogen-bond acceptors (Lipinski definition) is 5. The number of aromatic nitrogens is 2. The highest BCUT2D eigenvalue weighted by atomic mass is 35.5. The van der Waals surface area contributed by atoms with Gasteiger partial charge in [-0.25, -0.2) is 9.97 Å². The van der Waals surface area contributed by atoms with Gasteiger partial charge in [-0.15, -0.1) is 0 Å². The van der Waals surface area contributed by atoms with Crippen molar-refractivity contribution in [1.29, 1.82) is 0 Å². The Bertz CT molecular complexity index is 769. The molecule has 1 spiro atoms. The maximum Gasteiger partial charge on any atom is 0.224 e. The van der Waals surface area contributed by atoms with Crippen LogP contribution < -0.4 is 4.90 Å². The zero-order chi connectivity index (χ0) is 16.1. The summed E-state index contributed by atoms with van der Waals surface area (Å²) in [6.45, 7) is 2.77. The highest BCUT2D eigenvalue weighted by Crippen LogP contribution is 2.43. The molecular formula is C18H18ClN3O2. The van der Waals surface area contributed by atoms with Gasteiger partial charge in [0.1, 0.15) is 5.82 Å². The number of fused-ring (bicyclic) bond motifs is 1. The Hall–Kier alpha value is -1.69. The van der Waals surface area contributed by atoms with Gasteiger partial charge in [-0.3, -0.25) is 0 Å². The van der Waals surface area contributed by atoms with E-state index in [2.05, 4.69) is 39.1 Å². The summed E-state index contributed by atoms with van der Waals surface area (Å²) >= 11 is 6.25. The van der Waals surface area contributed by atoms with Crippen molar-refractivity contribution < 1.29 is 9.47 Å². The summed E-state index contributed by atoms with van der Waals surface area (Å²) in [4.78, 5) is 11.3. The first-order valence-electron chi connectivity index (χ1n) is 8.38. The second-order valence-electron chi connectivity index (χ2n) is 6.65. The molecule has 6 heteroatoms. The van der Waals surface area contributed by atoms with Crippen molar-refractivity contribution in [1.82, 2.24) is 9.97 Å². The molecule has 3 aliphatic rings. The van der Waals surface area contributed by atoms with Crippen LogP contribution in [0.15, 0.2) is 30.3 Å². The summed E-state index contributed by atoms with van der Waals surface area (Å²) in [5, 5.41) is 0.320. The van der Waals surface area contributed by atoms with E-state index in [1.54, 1.807) is 0 Å². The van der Waals surface area contributed by atoms with Gasteiger partial charge < -0.3 is 14.4 Å². The van der Waals surface area contributed by atoms with E-state index >= 15 is 0 Å². The Morgan fingerprint density at radius 1 is 1.08 bits per heavy atom. The first kappa shape index (κ1) is 14.6.